The van der Waals surface area contributed by atoms with Crippen molar-refractivity contribution in [1.29, 1.82) is 0 Å². The van der Waals surface area contributed by atoms with Crippen LogP contribution in [0.4, 0.5) is 5.69 Å². The monoisotopic (exact) mass is 267 g/mol. The van der Waals surface area contributed by atoms with Gasteiger partial charge >= 0.3 is 0 Å². The maximum Gasteiger partial charge on any atom is 0.169 e. The van der Waals surface area contributed by atoms with Gasteiger partial charge in [-0.3, -0.25) is 0 Å². The summed E-state index contributed by atoms with van der Waals surface area (Å²) in [6, 6.07) is 8.91. The lowest BCUT2D eigenvalue weighted by atomic mass is 10.3. The van der Waals surface area contributed by atoms with Crippen LogP contribution in [0.15, 0.2) is 45.7 Å². The van der Waals surface area contributed by atoms with Gasteiger partial charge in [0.05, 0.1) is 6.26 Å². The van der Waals surface area contributed by atoms with Crippen molar-refractivity contribution in [3.63, 3.8) is 0 Å². The topological polar surface area (TPSA) is 45.4 Å². The SMILES string of the molecule is Oc1cccc(NCc2coc(Br)c2)c1. The van der Waals surface area contributed by atoms with Crippen molar-refractivity contribution in [2.75, 3.05) is 5.32 Å². The molecule has 1 aromatic carbocycles. The zero-order chi connectivity index (χ0) is 10.7. The molecule has 0 aliphatic rings. The summed E-state index contributed by atoms with van der Waals surface area (Å²) in [5.74, 6) is 0.258. The lowest BCUT2D eigenvalue weighted by molar-refractivity contribution is 0.475. The second-order valence-corrected chi connectivity index (χ2v) is 3.94. The summed E-state index contributed by atoms with van der Waals surface area (Å²) < 4.78 is 5.82. The van der Waals surface area contributed by atoms with Crippen LogP contribution in [0.1, 0.15) is 5.56 Å². The van der Waals surface area contributed by atoms with Crippen LogP contribution in [-0.4, -0.2) is 5.11 Å². The minimum absolute atomic E-state index is 0.258. The van der Waals surface area contributed by atoms with E-state index in [9.17, 15) is 5.11 Å². The number of aromatic hydroxyl groups is 1. The van der Waals surface area contributed by atoms with Gasteiger partial charge in [0, 0.05) is 23.9 Å². The number of hydrogen-bond acceptors (Lipinski definition) is 3. The molecule has 1 aromatic heterocycles. The summed E-state index contributed by atoms with van der Waals surface area (Å²) in [7, 11) is 0. The predicted octanol–water partition coefficient (Wildman–Crippen LogP) is 3.36. The van der Waals surface area contributed by atoms with Gasteiger partial charge in [-0.15, -0.1) is 0 Å². The van der Waals surface area contributed by atoms with E-state index < -0.39 is 0 Å². The molecule has 0 fully saturated rings. The van der Waals surface area contributed by atoms with Crippen molar-refractivity contribution >= 4 is 21.6 Å². The van der Waals surface area contributed by atoms with Gasteiger partial charge in [0.15, 0.2) is 4.67 Å². The Morgan fingerprint density at radius 1 is 1.33 bits per heavy atom. The summed E-state index contributed by atoms with van der Waals surface area (Å²) in [5, 5.41) is 12.4. The first-order chi connectivity index (χ1) is 7.24. The van der Waals surface area contributed by atoms with E-state index in [0.29, 0.717) is 6.54 Å². The molecular formula is C11H10BrNO2. The maximum atomic E-state index is 9.25. The smallest absolute Gasteiger partial charge is 0.169 e. The quantitative estimate of drug-likeness (QED) is 0.897. The van der Waals surface area contributed by atoms with Crippen LogP contribution in [-0.2, 0) is 6.54 Å². The molecule has 0 unspecified atom stereocenters. The Morgan fingerprint density at radius 3 is 2.87 bits per heavy atom. The van der Waals surface area contributed by atoms with Gasteiger partial charge in [0.1, 0.15) is 5.75 Å². The zero-order valence-electron chi connectivity index (χ0n) is 7.90. The number of phenols is 1. The van der Waals surface area contributed by atoms with Gasteiger partial charge in [0.25, 0.3) is 0 Å². The molecule has 0 saturated heterocycles. The van der Waals surface area contributed by atoms with Crippen molar-refractivity contribution in [2.45, 2.75) is 6.54 Å². The molecule has 2 rings (SSSR count). The fourth-order valence-corrected chi connectivity index (χ4v) is 1.65. The van der Waals surface area contributed by atoms with E-state index in [2.05, 4.69) is 21.2 Å². The van der Waals surface area contributed by atoms with E-state index in [1.165, 1.54) is 0 Å². The van der Waals surface area contributed by atoms with Crippen LogP contribution in [0.5, 0.6) is 5.75 Å². The predicted molar refractivity (Wildman–Crippen MR) is 61.8 cm³/mol. The molecule has 0 amide bonds. The molecule has 0 atom stereocenters. The number of phenolic OH excluding ortho intramolecular Hbond substituents is 1. The summed E-state index contributed by atoms with van der Waals surface area (Å²) in [4.78, 5) is 0. The van der Waals surface area contributed by atoms with Crippen molar-refractivity contribution in [3.05, 3.63) is 46.8 Å². The molecule has 4 heteroatoms. The molecule has 0 spiro atoms. The Morgan fingerprint density at radius 2 is 2.20 bits per heavy atom. The number of furan rings is 1. The first-order valence-corrected chi connectivity index (χ1v) is 5.29. The van der Waals surface area contributed by atoms with Gasteiger partial charge in [-0.2, -0.15) is 0 Å². The molecule has 2 N–H and O–H groups in total. The first-order valence-electron chi connectivity index (χ1n) is 4.50. The molecule has 0 aliphatic heterocycles. The van der Waals surface area contributed by atoms with E-state index >= 15 is 0 Å². The van der Waals surface area contributed by atoms with Crippen LogP contribution < -0.4 is 5.32 Å². The minimum atomic E-state index is 0.258. The number of hydrogen-bond donors (Lipinski definition) is 2. The molecule has 15 heavy (non-hydrogen) atoms. The van der Waals surface area contributed by atoms with Crippen LogP contribution in [0.3, 0.4) is 0 Å². The Labute approximate surface area is 95.9 Å². The number of anilines is 1. The van der Waals surface area contributed by atoms with Gasteiger partial charge in [-0.1, -0.05) is 6.07 Å². The molecule has 0 saturated carbocycles. The molecule has 0 aliphatic carbocycles. The highest BCUT2D eigenvalue weighted by Gasteiger charge is 1.99. The Kier molecular flexibility index (Phi) is 2.97. The van der Waals surface area contributed by atoms with Crippen LogP contribution in [0, 0.1) is 0 Å². The highest BCUT2D eigenvalue weighted by Crippen LogP contribution is 2.18. The zero-order valence-corrected chi connectivity index (χ0v) is 9.49. The van der Waals surface area contributed by atoms with Crippen LogP contribution in [0.2, 0.25) is 0 Å². The Bertz CT molecular complexity index is 453. The average Bonchev–Trinajstić information content (AvgIpc) is 2.62. The summed E-state index contributed by atoms with van der Waals surface area (Å²) in [6.45, 7) is 0.665. The number of halogens is 1. The van der Waals surface area contributed by atoms with Crippen LogP contribution >= 0.6 is 15.9 Å². The van der Waals surface area contributed by atoms with Crippen molar-refractivity contribution in [2.24, 2.45) is 0 Å². The van der Waals surface area contributed by atoms with Gasteiger partial charge in [-0.25, -0.2) is 0 Å². The van der Waals surface area contributed by atoms with E-state index in [-0.39, 0.29) is 5.75 Å². The largest absolute Gasteiger partial charge is 0.508 e. The van der Waals surface area contributed by atoms with E-state index in [1.54, 1.807) is 24.5 Å². The third kappa shape index (κ3) is 2.76. The Balaban J connectivity index is 1.99. The number of benzene rings is 1. The van der Waals surface area contributed by atoms with E-state index in [4.69, 9.17) is 4.42 Å². The number of rotatable bonds is 3. The van der Waals surface area contributed by atoms with Crippen molar-refractivity contribution in [1.82, 2.24) is 0 Å². The van der Waals surface area contributed by atoms with Crippen molar-refractivity contribution < 1.29 is 9.52 Å². The lowest BCUT2D eigenvalue weighted by Gasteiger charge is -2.04. The van der Waals surface area contributed by atoms with Crippen LogP contribution in [0.25, 0.3) is 0 Å². The standard InChI is InChI=1S/C11H10BrNO2/c12-11-4-8(7-15-11)6-13-9-2-1-3-10(14)5-9/h1-5,7,13-14H,6H2. The first kappa shape index (κ1) is 10.1. The van der Waals surface area contributed by atoms with Gasteiger partial charge in [-0.05, 0) is 34.1 Å². The highest BCUT2D eigenvalue weighted by atomic mass is 79.9. The molecule has 1 heterocycles. The average molecular weight is 268 g/mol. The highest BCUT2D eigenvalue weighted by molar-refractivity contribution is 9.10. The third-order valence-electron chi connectivity index (χ3n) is 1.96. The molecule has 0 radical (unpaired) electrons. The molecule has 78 valence electrons. The lowest BCUT2D eigenvalue weighted by Crippen LogP contribution is -1.97. The third-order valence-corrected chi connectivity index (χ3v) is 2.38. The number of nitrogens with one attached hydrogen (secondary N) is 1. The normalized spacial score (nSPS) is 10.2. The summed E-state index contributed by atoms with van der Waals surface area (Å²) in [5.41, 5.74) is 1.93. The molecule has 2 aromatic rings. The van der Waals surface area contributed by atoms with Crippen molar-refractivity contribution in [3.8, 4) is 5.75 Å². The fraction of sp³-hybridized carbons (Fsp3) is 0.0909. The fourth-order valence-electron chi connectivity index (χ4n) is 1.26. The van der Waals surface area contributed by atoms with Gasteiger partial charge in [0.2, 0.25) is 0 Å². The molecular weight excluding hydrogens is 258 g/mol. The van der Waals surface area contributed by atoms with E-state index in [0.717, 1.165) is 15.9 Å². The second-order valence-electron chi connectivity index (χ2n) is 3.16. The second kappa shape index (κ2) is 4.40. The van der Waals surface area contributed by atoms with E-state index in [1.807, 2.05) is 12.1 Å². The summed E-state index contributed by atoms with van der Waals surface area (Å²) >= 11 is 3.24. The van der Waals surface area contributed by atoms with Gasteiger partial charge < -0.3 is 14.8 Å². The summed E-state index contributed by atoms with van der Waals surface area (Å²) in [6.07, 6.45) is 1.68. The molecule has 0 bridgehead atoms. The Hall–Kier alpha value is -1.42. The minimum Gasteiger partial charge on any atom is -0.508 e. The molecule has 3 nitrogen and oxygen atoms in total. The maximum absolute atomic E-state index is 9.25.